The number of nitrogens with zero attached hydrogens (tertiary/aromatic N) is 4. The monoisotopic (exact) mass is 1060 g/mol. The number of aromatic nitrogens is 4. The number of nitrogens with two attached hydrogens (primary N) is 1. The number of rotatable bonds is 33. The molecule has 2 unspecified atom stereocenters. The van der Waals surface area contributed by atoms with Crippen LogP contribution in [0.4, 0.5) is 5.82 Å². The molecule has 2 aromatic heterocycles. The Hall–Kier alpha value is -2.88. The first-order valence-corrected chi connectivity index (χ1v) is 27.7. The molecule has 1 aliphatic heterocycles. The summed E-state index contributed by atoms with van der Waals surface area (Å²) in [5, 5.41) is 26.6. The van der Waals surface area contributed by atoms with Crippen LogP contribution in [0.3, 0.4) is 0 Å². The molecule has 0 aromatic carbocycles. The number of fused-ring (bicyclic) bond motifs is 1. The standard InChI is InChI=1S/C41H66N7O17P3S.Li/c1-4-5-6-7-8-9-10-11-12-13-14-15-16-17-18-19-20-21-32(50)69-25-24-43-31(49)22-23-44-39(53)36(52)41(2,3)27-62-68(59,60)65-67(57,58)61-26-30-35(64-66(54,55)56)34(51)40(63-30)48-29-47-33-37(42)45-28-46-38(33)48;/h8-9,11-12,14-15,17-18,28-30,34-36,40,51-52H,4-7,10,13,16,19-27H2,1-3H3,(H,43,49)(H,44,53)(H,57,58)(H,59,60)(H2,42,45,46)(H2,54,55,56);/b9-8+,12-11+,15-14+,18-17+;/t30-,34-,35-,36+,40-;/m1./s1. The number of aliphatic hydroxyl groups excluding tert-OH is 2. The third kappa shape index (κ3) is 23.8. The number of aliphatic hydroxyl groups is 2. The number of carbonyl (C=O) groups excluding carboxylic acids is 3. The number of amides is 2. The fourth-order valence-electron chi connectivity index (χ4n) is 6.29. The normalized spacial score (nSPS) is 20.0. The minimum absolute atomic E-state index is 0. The van der Waals surface area contributed by atoms with Gasteiger partial charge in [-0.1, -0.05) is 94.0 Å². The SMILES string of the molecule is CCCCC/C=C/C/C=C/C/C=C/C/C=C/CCCC(=O)SCCNC(=O)CCNC(=O)[C@H](O)C(C)(C)COP(=O)(O)OP(=O)(O)OC[C@H]1O[C@@H](n2cnc3c(N)ncnc32)[C@H](O)[C@@H]1OP(=O)(O)O.[Li]. The number of unbranched alkanes of at least 4 members (excludes halogenated alkanes) is 4. The number of nitrogens with one attached hydrogen (secondary N) is 2. The number of thioether (sulfide) groups is 1. The molecule has 1 fully saturated rings. The van der Waals surface area contributed by atoms with Crippen molar-refractivity contribution in [2.75, 3.05) is 37.8 Å². The summed E-state index contributed by atoms with van der Waals surface area (Å²) in [7, 11) is -16.4. The molecule has 29 heteroatoms. The van der Waals surface area contributed by atoms with Crippen molar-refractivity contribution in [2.24, 2.45) is 5.41 Å². The van der Waals surface area contributed by atoms with Crippen LogP contribution in [0.2, 0.25) is 0 Å². The summed E-state index contributed by atoms with van der Waals surface area (Å²) < 4.78 is 62.4. The second kappa shape index (κ2) is 31.6. The average Bonchev–Trinajstić information content (AvgIpc) is 3.84. The summed E-state index contributed by atoms with van der Waals surface area (Å²) in [5.41, 5.74) is 4.27. The van der Waals surface area contributed by atoms with Gasteiger partial charge in [0.2, 0.25) is 11.8 Å². The zero-order chi connectivity index (χ0) is 51.1. The van der Waals surface area contributed by atoms with Crippen LogP contribution in [0.1, 0.15) is 97.6 Å². The van der Waals surface area contributed by atoms with Crippen molar-refractivity contribution < 1.29 is 80.5 Å². The summed E-state index contributed by atoms with van der Waals surface area (Å²) in [5.74, 6) is -1.09. The maximum Gasteiger partial charge on any atom is 0.481 e. The van der Waals surface area contributed by atoms with Gasteiger partial charge in [0.25, 0.3) is 0 Å². The van der Waals surface area contributed by atoms with E-state index in [1.807, 2.05) is 0 Å². The molecule has 3 rings (SSSR count). The maximum atomic E-state index is 12.7. The summed E-state index contributed by atoms with van der Waals surface area (Å²) in [6, 6.07) is 0. The number of hydrogen-bond donors (Lipinski definition) is 9. The third-order valence-corrected chi connectivity index (χ3v) is 14.0. The second-order valence-electron chi connectivity index (χ2n) is 16.3. The number of imidazole rings is 1. The van der Waals surface area contributed by atoms with E-state index in [4.69, 9.17) is 19.5 Å². The van der Waals surface area contributed by atoms with Crippen LogP contribution < -0.4 is 16.4 Å². The van der Waals surface area contributed by atoms with E-state index in [0.29, 0.717) is 18.6 Å². The van der Waals surface area contributed by atoms with Crippen LogP contribution in [-0.2, 0) is 50.7 Å². The number of ether oxygens (including phenoxy) is 1. The number of phosphoric ester groups is 3. The molecule has 10 N–H and O–H groups in total. The van der Waals surface area contributed by atoms with Crippen molar-refractivity contribution in [2.45, 2.75) is 122 Å². The van der Waals surface area contributed by atoms with E-state index in [1.54, 1.807) is 0 Å². The molecule has 3 heterocycles. The van der Waals surface area contributed by atoms with Gasteiger partial charge in [-0.25, -0.2) is 28.6 Å². The van der Waals surface area contributed by atoms with Gasteiger partial charge in [-0.3, -0.25) is 32.5 Å². The van der Waals surface area contributed by atoms with Crippen molar-refractivity contribution >= 4 is 88.0 Å². The van der Waals surface area contributed by atoms with Gasteiger partial charge in [0.05, 0.1) is 19.5 Å². The van der Waals surface area contributed by atoms with Gasteiger partial charge >= 0.3 is 23.5 Å². The molecular weight excluding hydrogens is 994 g/mol. The Labute approximate surface area is 423 Å². The minimum Gasteiger partial charge on any atom is -0.386 e. The molecule has 1 radical (unpaired) electrons. The van der Waals surface area contributed by atoms with Crippen LogP contribution >= 0.6 is 35.2 Å². The maximum absolute atomic E-state index is 12.7. The van der Waals surface area contributed by atoms with E-state index in [1.165, 1.54) is 33.1 Å². The molecule has 2 aromatic rings. The Bertz CT molecular complexity index is 2230. The Morgan fingerprint density at radius 3 is 2.13 bits per heavy atom. The van der Waals surface area contributed by atoms with Crippen LogP contribution in [0.25, 0.3) is 11.2 Å². The van der Waals surface area contributed by atoms with E-state index in [0.717, 1.165) is 61.1 Å². The first kappa shape index (κ1) is 63.2. The molecule has 2 amide bonds. The summed E-state index contributed by atoms with van der Waals surface area (Å²) in [4.78, 5) is 88.3. The molecule has 24 nitrogen and oxygen atoms in total. The Kier molecular flexibility index (Phi) is 28.6. The predicted octanol–water partition coefficient (Wildman–Crippen LogP) is 4.43. The second-order valence-corrected chi connectivity index (χ2v) is 21.7. The Morgan fingerprint density at radius 2 is 1.50 bits per heavy atom. The predicted molar refractivity (Wildman–Crippen MR) is 261 cm³/mol. The molecule has 1 saturated heterocycles. The molecule has 1 aliphatic rings. The zero-order valence-electron chi connectivity index (χ0n) is 39.8. The molecule has 0 aliphatic carbocycles. The molecule has 0 spiro atoms. The van der Waals surface area contributed by atoms with Crippen LogP contribution in [-0.4, -0.2) is 142 Å². The van der Waals surface area contributed by atoms with Gasteiger partial charge in [-0.2, -0.15) is 4.31 Å². The Morgan fingerprint density at radius 1 is 0.886 bits per heavy atom. The van der Waals surface area contributed by atoms with Gasteiger partial charge < -0.3 is 50.9 Å². The van der Waals surface area contributed by atoms with Gasteiger partial charge in [-0.15, -0.1) is 0 Å². The smallest absolute Gasteiger partial charge is 0.386 e. The van der Waals surface area contributed by atoms with E-state index in [-0.39, 0.29) is 60.5 Å². The minimum atomic E-state index is -5.58. The van der Waals surface area contributed by atoms with Crippen molar-refractivity contribution in [1.29, 1.82) is 0 Å². The molecule has 7 atom stereocenters. The average molecular weight is 1060 g/mol. The first-order valence-electron chi connectivity index (χ1n) is 22.2. The molecule has 0 bridgehead atoms. The molecule has 0 saturated carbocycles. The van der Waals surface area contributed by atoms with Gasteiger partial charge in [0, 0.05) is 56.0 Å². The van der Waals surface area contributed by atoms with Gasteiger partial charge in [0.1, 0.15) is 36.3 Å². The number of allylic oxidation sites excluding steroid dienone is 8. The molecule has 70 heavy (non-hydrogen) atoms. The van der Waals surface area contributed by atoms with Crippen LogP contribution in [0.15, 0.2) is 61.3 Å². The summed E-state index contributed by atoms with van der Waals surface area (Å²) in [6.07, 6.45) is 19.7. The van der Waals surface area contributed by atoms with E-state index in [2.05, 4.69) is 90.0 Å². The largest absolute Gasteiger partial charge is 0.481 e. The summed E-state index contributed by atoms with van der Waals surface area (Å²) >= 11 is 1.11. The fourth-order valence-corrected chi connectivity index (χ4v) is 9.84. The van der Waals surface area contributed by atoms with E-state index >= 15 is 0 Å². The zero-order valence-corrected chi connectivity index (χ0v) is 43.3. The first-order chi connectivity index (χ1) is 32.6. The number of hydrogen-bond acceptors (Lipinski definition) is 18. The van der Waals surface area contributed by atoms with Crippen molar-refractivity contribution in [3.05, 3.63) is 61.3 Å². The third-order valence-electron chi connectivity index (χ3n) is 9.97. The van der Waals surface area contributed by atoms with Crippen molar-refractivity contribution in [1.82, 2.24) is 30.2 Å². The molecule has 389 valence electrons. The summed E-state index contributed by atoms with van der Waals surface area (Å²) in [6.45, 7) is 2.71. The van der Waals surface area contributed by atoms with Crippen LogP contribution in [0, 0.1) is 5.41 Å². The van der Waals surface area contributed by atoms with Crippen molar-refractivity contribution in [3.8, 4) is 0 Å². The number of anilines is 1. The van der Waals surface area contributed by atoms with Crippen molar-refractivity contribution in [3.63, 3.8) is 0 Å². The van der Waals surface area contributed by atoms with Crippen LogP contribution in [0.5, 0.6) is 0 Å². The number of nitrogen functional groups attached to an aromatic ring is 1. The van der Waals surface area contributed by atoms with Gasteiger partial charge in [0.15, 0.2) is 22.8 Å². The Balaban J connectivity index is 0.0000168. The molecular formula is C41H66LiN7O17P3S. The van der Waals surface area contributed by atoms with E-state index in [9.17, 15) is 57.9 Å². The number of carbonyl (C=O) groups is 3. The fraction of sp³-hybridized carbons (Fsp3) is 0.610. The van der Waals surface area contributed by atoms with E-state index < -0.39 is 84.6 Å². The quantitative estimate of drug-likeness (QED) is 0.0207. The number of phosphoric acid groups is 3. The topological polar surface area (TPSA) is 364 Å². The van der Waals surface area contributed by atoms with Gasteiger partial charge in [-0.05, 0) is 44.9 Å².